The zero-order valence-corrected chi connectivity index (χ0v) is 12.3. The summed E-state index contributed by atoms with van der Waals surface area (Å²) in [7, 11) is 0. The van der Waals surface area contributed by atoms with E-state index in [0.29, 0.717) is 6.54 Å². The van der Waals surface area contributed by atoms with Crippen molar-refractivity contribution < 1.29 is 14.6 Å². The van der Waals surface area contributed by atoms with E-state index in [1.165, 1.54) is 0 Å². The maximum Gasteiger partial charge on any atom is 0.223 e. The summed E-state index contributed by atoms with van der Waals surface area (Å²) < 4.78 is 5.60. The van der Waals surface area contributed by atoms with Gasteiger partial charge in [-0.2, -0.15) is 11.3 Å². The first-order valence-corrected chi connectivity index (χ1v) is 7.93. The highest BCUT2D eigenvalue weighted by Gasteiger charge is 2.20. The summed E-state index contributed by atoms with van der Waals surface area (Å²) in [6, 6.07) is 1.99. The fraction of sp³-hybridized carbons (Fsp3) is 0.533. The molecule has 110 valence electrons. The summed E-state index contributed by atoms with van der Waals surface area (Å²) in [5, 5.41) is 15.8. The molecule has 1 heterocycles. The van der Waals surface area contributed by atoms with Crippen molar-refractivity contribution in [1.29, 1.82) is 0 Å². The molecule has 1 aliphatic carbocycles. The Bertz CT molecular complexity index is 430. The lowest BCUT2D eigenvalue weighted by atomic mass is 9.93. The van der Waals surface area contributed by atoms with E-state index in [1.807, 2.05) is 16.8 Å². The van der Waals surface area contributed by atoms with Crippen LogP contribution in [0.25, 0.3) is 0 Å². The van der Waals surface area contributed by atoms with Gasteiger partial charge in [-0.25, -0.2) is 0 Å². The number of rotatable bonds is 7. The summed E-state index contributed by atoms with van der Waals surface area (Å²) in [6.07, 6.45) is 6.74. The molecule has 1 aliphatic rings. The zero-order valence-electron chi connectivity index (χ0n) is 11.5. The minimum atomic E-state index is -0.184. The standard InChI is InChI=1S/C15H21NO3S/c17-7-8-19-14(13-6-9-20-11-13)10-16-15(18)12-4-2-1-3-5-12/h1-2,6,9,11-12,14,17H,3-5,7-8,10H2,(H,16,18)/t12-,14+/m0/s1. The summed E-state index contributed by atoms with van der Waals surface area (Å²) in [6.45, 7) is 0.723. The lowest BCUT2D eigenvalue weighted by molar-refractivity contribution is -0.126. The molecule has 0 radical (unpaired) electrons. The minimum absolute atomic E-state index is 0.0119. The van der Waals surface area contributed by atoms with Crippen molar-refractivity contribution in [2.24, 2.45) is 5.92 Å². The number of allylic oxidation sites excluding steroid dienone is 2. The van der Waals surface area contributed by atoms with Crippen LogP contribution in [0.15, 0.2) is 29.0 Å². The van der Waals surface area contributed by atoms with E-state index in [2.05, 4.69) is 17.5 Å². The van der Waals surface area contributed by atoms with Crippen LogP contribution in [0.2, 0.25) is 0 Å². The topological polar surface area (TPSA) is 58.6 Å². The third-order valence-electron chi connectivity index (χ3n) is 3.43. The minimum Gasteiger partial charge on any atom is -0.394 e. The van der Waals surface area contributed by atoms with E-state index in [4.69, 9.17) is 9.84 Å². The second-order valence-corrected chi connectivity index (χ2v) is 5.65. The molecule has 4 nitrogen and oxygen atoms in total. The van der Waals surface area contributed by atoms with Gasteiger partial charge >= 0.3 is 0 Å². The van der Waals surface area contributed by atoms with Gasteiger partial charge < -0.3 is 15.2 Å². The highest BCUT2D eigenvalue weighted by molar-refractivity contribution is 7.07. The fourth-order valence-electron chi connectivity index (χ4n) is 2.30. The maximum atomic E-state index is 12.1. The average molecular weight is 295 g/mol. The van der Waals surface area contributed by atoms with Crippen LogP contribution in [-0.4, -0.2) is 30.8 Å². The second-order valence-electron chi connectivity index (χ2n) is 4.87. The number of amides is 1. The van der Waals surface area contributed by atoms with Gasteiger partial charge in [-0.05, 0) is 41.7 Å². The molecule has 0 unspecified atom stereocenters. The number of nitrogens with one attached hydrogen (secondary N) is 1. The Labute approximate surface area is 123 Å². The molecule has 0 saturated carbocycles. The number of aliphatic hydroxyl groups is 1. The van der Waals surface area contributed by atoms with Gasteiger partial charge in [0.25, 0.3) is 0 Å². The molecule has 1 amide bonds. The number of ether oxygens (including phenoxy) is 1. The molecule has 0 saturated heterocycles. The molecule has 2 rings (SSSR count). The van der Waals surface area contributed by atoms with Crippen LogP contribution < -0.4 is 5.32 Å². The fourth-order valence-corrected chi connectivity index (χ4v) is 3.00. The highest BCUT2D eigenvalue weighted by Crippen LogP contribution is 2.21. The quantitative estimate of drug-likeness (QED) is 0.759. The van der Waals surface area contributed by atoms with Crippen molar-refractivity contribution in [2.75, 3.05) is 19.8 Å². The summed E-state index contributed by atoms with van der Waals surface area (Å²) in [4.78, 5) is 12.1. The van der Waals surface area contributed by atoms with Gasteiger partial charge in [0.1, 0.15) is 6.10 Å². The van der Waals surface area contributed by atoms with E-state index in [1.54, 1.807) is 11.3 Å². The van der Waals surface area contributed by atoms with Crippen molar-refractivity contribution in [1.82, 2.24) is 5.32 Å². The highest BCUT2D eigenvalue weighted by atomic mass is 32.1. The number of hydrogen-bond acceptors (Lipinski definition) is 4. The molecule has 1 aromatic heterocycles. The Hall–Kier alpha value is -1.17. The molecule has 2 atom stereocenters. The van der Waals surface area contributed by atoms with Crippen molar-refractivity contribution in [3.8, 4) is 0 Å². The number of hydrogen-bond donors (Lipinski definition) is 2. The molecular formula is C15H21NO3S. The van der Waals surface area contributed by atoms with Gasteiger partial charge in [-0.1, -0.05) is 12.2 Å². The number of aliphatic hydroxyl groups excluding tert-OH is 1. The Kier molecular flexibility index (Phi) is 6.24. The van der Waals surface area contributed by atoms with E-state index in [9.17, 15) is 4.79 Å². The Morgan fingerprint density at radius 3 is 3.10 bits per heavy atom. The third-order valence-corrected chi connectivity index (χ3v) is 4.13. The molecule has 0 aliphatic heterocycles. The predicted molar refractivity (Wildman–Crippen MR) is 79.6 cm³/mol. The van der Waals surface area contributed by atoms with Gasteiger partial charge in [0.2, 0.25) is 5.91 Å². The van der Waals surface area contributed by atoms with Gasteiger partial charge in [0.05, 0.1) is 13.2 Å². The molecule has 2 N–H and O–H groups in total. The van der Waals surface area contributed by atoms with Crippen LogP contribution in [0.5, 0.6) is 0 Å². The Morgan fingerprint density at radius 2 is 2.45 bits per heavy atom. The van der Waals surface area contributed by atoms with Gasteiger partial charge in [0, 0.05) is 12.5 Å². The van der Waals surface area contributed by atoms with Crippen LogP contribution in [0, 0.1) is 5.92 Å². The van der Waals surface area contributed by atoms with Crippen LogP contribution in [-0.2, 0) is 9.53 Å². The third kappa shape index (κ3) is 4.44. The lowest BCUT2D eigenvalue weighted by Crippen LogP contribution is -2.35. The van der Waals surface area contributed by atoms with Crippen molar-refractivity contribution in [2.45, 2.75) is 25.4 Å². The molecular weight excluding hydrogens is 274 g/mol. The maximum absolute atomic E-state index is 12.1. The van der Waals surface area contributed by atoms with Crippen LogP contribution >= 0.6 is 11.3 Å². The first-order chi connectivity index (χ1) is 9.81. The van der Waals surface area contributed by atoms with Gasteiger partial charge in [-0.3, -0.25) is 4.79 Å². The predicted octanol–water partition coefficient (Wildman–Crippen LogP) is 2.27. The normalized spacial score (nSPS) is 19.8. The van der Waals surface area contributed by atoms with Gasteiger partial charge in [0.15, 0.2) is 0 Å². The molecule has 0 aromatic carbocycles. The average Bonchev–Trinajstić information content (AvgIpc) is 3.02. The van der Waals surface area contributed by atoms with Crippen LogP contribution in [0.4, 0.5) is 0 Å². The summed E-state index contributed by atoms with van der Waals surface area (Å²) in [5.74, 6) is 0.183. The van der Waals surface area contributed by atoms with Crippen LogP contribution in [0.3, 0.4) is 0 Å². The Morgan fingerprint density at radius 1 is 1.55 bits per heavy atom. The van der Waals surface area contributed by atoms with E-state index < -0.39 is 0 Å². The number of carbonyl (C=O) groups excluding carboxylic acids is 1. The van der Waals surface area contributed by atoms with E-state index >= 15 is 0 Å². The largest absolute Gasteiger partial charge is 0.394 e. The monoisotopic (exact) mass is 295 g/mol. The SMILES string of the molecule is O=C(NC[C@@H](OCCO)c1ccsc1)[C@H]1CC=CCC1. The Balaban J connectivity index is 1.84. The molecule has 0 bridgehead atoms. The second kappa shape index (κ2) is 8.19. The molecule has 20 heavy (non-hydrogen) atoms. The summed E-state index contributed by atoms with van der Waals surface area (Å²) in [5.41, 5.74) is 1.05. The van der Waals surface area contributed by atoms with E-state index in [-0.39, 0.29) is 31.1 Å². The smallest absolute Gasteiger partial charge is 0.223 e. The van der Waals surface area contributed by atoms with Crippen molar-refractivity contribution >= 4 is 17.2 Å². The first kappa shape index (κ1) is 15.2. The summed E-state index contributed by atoms with van der Waals surface area (Å²) >= 11 is 1.60. The molecule has 1 aromatic rings. The van der Waals surface area contributed by atoms with Crippen LogP contribution in [0.1, 0.15) is 30.9 Å². The van der Waals surface area contributed by atoms with E-state index in [0.717, 1.165) is 24.8 Å². The van der Waals surface area contributed by atoms with Crippen molar-refractivity contribution in [3.63, 3.8) is 0 Å². The van der Waals surface area contributed by atoms with Crippen molar-refractivity contribution in [3.05, 3.63) is 34.5 Å². The lowest BCUT2D eigenvalue weighted by Gasteiger charge is -2.21. The zero-order chi connectivity index (χ0) is 14.2. The molecule has 5 heteroatoms. The number of thiophene rings is 1. The number of carbonyl (C=O) groups is 1. The first-order valence-electron chi connectivity index (χ1n) is 6.98. The van der Waals surface area contributed by atoms with Gasteiger partial charge in [-0.15, -0.1) is 0 Å². The molecule has 0 fully saturated rings. The molecule has 0 spiro atoms.